The number of aryl methyl sites for hydroxylation is 1. The second-order valence-electron chi connectivity index (χ2n) is 13.5. The van der Waals surface area contributed by atoms with Crippen molar-refractivity contribution in [1.82, 2.24) is 9.88 Å². The van der Waals surface area contributed by atoms with Crippen molar-refractivity contribution in [3.05, 3.63) is 63.5 Å². The number of para-hydroxylation sites is 1. The molecule has 1 aromatic heterocycles. The molecule has 2 aromatic carbocycles. The molecule has 0 bridgehead atoms. The summed E-state index contributed by atoms with van der Waals surface area (Å²) in [5, 5.41) is 2.94. The molecular weight excluding hydrogens is 590 g/mol. The molecule has 0 unspecified atom stereocenters. The highest BCUT2D eigenvalue weighted by molar-refractivity contribution is 7.14. The first-order valence-corrected chi connectivity index (χ1v) is 16.4. The van der Waals surface area contributed by atoms with E-state index in [1.54, 1.807) is 23.3 Å². The number of methoxy groups -OCH3 is 2. The summed E-state index contributed by atoms with van der Waals surface area (Å²) in [4.78, 5) is 34.5. The Bertz CT molecular complexity index is 1610. The van der Waals surface area contributed by atoms with Crippen LogP contribution in [0.2, 0.25) is 0 Å². The zero-order valence-corrected chi connectivity index (χ0v) is 28.1. The molecule has 0 spiro atoms. The fraction of sp³-hybridized carbons (Fsp3) is 0.514. The molecule has 1 aliphatic carbocycles. The average Bonchev–Trinajstić information content (AvgIpc) is 3.35. The third kappa shape index (κ3) is 5.78. The molecule has 9 nitrogen and oxygen atoms in total. The van der Waals surface area contributed by atoms with E-state index >= 15 is 0 Å². The van der Waals surface area contributed by atoms with Gasteiger partial charge in [0.25, 0.3) is 0 Å². The number of ether oxygens (including phenoxy) is 4. The van der Waals surface area contributed by atoms with Gasteiger partial charge in [-0.3, -0.25) is 4.79 Å². The maximum absolute atomic E-state index is 12.8. The van der Waals surface area contributed by atoms with Crippen LogP contribution in [0.5, 0.6) is 5.75 Å². The second-order valence-corrected chi connectivity index (χ2v) is 14.3. The number of rotatable bonds is 8. The predicted molar refractivity (Wildman–Crippen MR) is 174 cm³/mol. The van der Waals surface area contributed by atoms with Crippen molar-refractivity contribution in [2.24, 2.45) is 11.3 Å². The number of esters is 1. The number of amides is 1. The van der Waals surface area contributed by atoms with Gasteiger partial charge < -0.3 is 28.7 Å². The van der Waals surface area contributed by atoms with Crippen LogP contribution in [0.1, 0.15) is 55.0 Å². The van der Waals surface area contributed by atoms with Crippen LogP contribution in [-0.4, -0.2) is 67.5 Å². The number of carbonyl (C=O) groups excluding carboxylic acids is 2. The van der Waals surface area contributed by atoms with Crippen molar-refractivity contribution in [3.63, 3.8) is 0 Å². The highest BCUT2D eigenvalue weighted by Crippen LogP contribution is 2.63. The Kier molecular flexibility index (Phi) is 8.33. The van der Waals surface area contributed by atoms with E-state index < -0.39 is 11.0 Å². The van der Waals surface area contributed by atoms with E-state index in [0.29, 0.717) is 26.3 Å². The summed E-state index contributed by atoms with van der Waals surface area (Å²) in [6, 6.07) is 10.3. The van der Waals surface area contributed by atoms with E-state index in [2.05, 4.69) is 48.4 Å². The molecule has 45 heavy (non-hydrogen) atoms. The Morgan fingerprint density at radius 1 is 1.13 bits per heavy atom. The molecule has 3 heterocycles. The minimum atomic E-state index is -0.517. The van der Waals surface area contributed by atoms with Crippen LogP contribution in [0.25, 0.3) is 11.3 Å². The third-order valence-corrected chi connectivity index (χ3v) is 10.4. The zero-order chi connectivity index (χ0) is 32.1. The topological polar surface area (TPSA) is 90.4 Å². The summed E-state index contributed by atoms with van der Waals surface area (Å²) in [5.74, 6) is 0.919. The maximum Gasteiger partial charge on any atom is 0.410 e. The molecule has 0 N–H and O–H groups in total. The first kappa shape index (κ1) is 31.4. The summed E-state index contributed by atoms with van der Waals surface area (Å²) in [7, 11) is 3.14. The third-order valence-electron chi connectivity index (χ3n) is 9.48. The van der Waals surface area contributed by atoms with Gasteiger partial charge in [0, 0.05) is 37.7 Å². The Hall–Kier alpha value is -3.63. The smallest absolute Gasteiger partial charge is 0.410 e. The van der Waals surface area contributed by atoms with Gasteiger partial charge in [0.1, 0.15) is 18.0 Å². The lowest BCUT2D eigenvalue weighted by Crippen LogP contribution is -2.44. The van der Waals surface area contributed by atoms with Gasteiger partial charge in [-0.05, 0) is 87.3 Å². The minimum Gasteiger partial charge on any atom is -0.488 e. The maximum atomic E-state index is 12.8. The Labute approximate surface area is 269 Å². The molecule has 240 valence electrons. The number of piperidine rings is 1. The molecule has 3 aromatic rings. The number of hydrogen-bond acceptors (Lipinski definition) is 9. The minimum absolute atomic E-state index is 0.102. The van der Waals surface area contributed by atoms with Gasteiger partial charge >= 0.3 is 12.1 Å². The number of aromatic nitrogens is 1. The predicted octanol–water partition coefficient (Wildman–Crippen LogP) is 6.31. The number of nitrogens with zero attached hydrogens (tertiary/aromatic N) is 3. The van der Waals surface area contributed by atoms with Gasteiger partial charge in [0.15, 0.2) is 5.13 Å². The molecule has 10 heteroatoms. The SMILES string of the molecule is COC[C@H]1N(c2nc(-c3cccc(C)c3OCc3ccc4c(c3C)CCN(C(=O)OC(C)(C)C)C4)cs2)C[C@@H]2C[C@@]21C(=O)OC. The largest absolute Gasteiger partial charge is 0.488 e. The number of benzene rings is 2. The lowest BCUT2D eigenvalue weighted by molar-refractivity contribution is -0.148. The van der Waals surface area contributed by atoms with E-state index in [1.165, 1.54) is 18.2 Å². The zero-order valence-electron chi connectivity index (χ0n) is 27.3. The number of anilines is 1. The molecule has 0 radical (unpaired) electrons. The first-order chi connectivity index (χ1) is 21.5. The molecule has 2 aliphatic heterocycles. The van der Waals surface area contributed by atoms with Crippen LogP contribution in [0.3, 0.4) is 0 Å². The van der Waals surface area contributed by atoms with Gasteiger partial charge in [0.2, 0.25) is 0 Å². The first-order valence-electron chi connectivity index (χ1n) is 15.6. The normalized spacial score (nSPS) is 22.1. The van der Waals surface area contributed by atoms with E-state index in [-0.39, 0.29) is 24.0 Å². The van der Waals surface area contributed by atoms with Crippen LogP contribution in [-0.2, 0) is 38.6 Å². The van der Waals surface area contributed by atoms with E-state index in [1.807, 2.05) is 26.8 Å². The van der Waals surface area contributed by atoms with E-state index in [0.717, 1.165) is 58.2 Å². The van der Waals surface area contributed by atoms with Crippen molar-refractivity contribution < 1.29 is 28.5 Å². The molecule has 1 saturated carbocycles. The number of thiazole rings is 1. The number of carbonyl (C=O) groups is 2. The second kappa shape index (κ2) is 11.9. The van der Waals surface area contributed by atoms with Crippen molar-refractivity contribution in [3.8, 4) is 17.0 Å². The van der Waals surface area contributed by atoms with Crippen LogP contribution in [0.4, 0.5) is 9.93 Å². The summed E-state index contributed by atoms with van der Waals surface area (Å²) < 4.78 is 22.9. The lowest BCUT2D eigenvalue weighted by atomic mass is 9.92. The molecule has 6 rings (SSSR count). The van der Waals surface area contributed by atoms with Gasteiger partial charge in [-0.2, -0.15) is 0 Å². The van der Waals surface area contributed by atoms with Gasteiger partial charge in [-0.15, -0.1) is 11.3 Å². The van der Waals surface area contributed by atoms with E-state index in [4.69, 9.17) is 23.9 Å². The van der Waals surface area contributed by atoms with Crippen molar-refractivity contribution in [2.45, 2.75) is 72.3 Å². The molecule has 3 atom stereocenters. The lowest BCUT2D eigenvalue weighted by Gasteiger charge is -2.32. The Balaban J connectivity index is 1.19. The van der Waals surface area contributed by atoms with Crippen molar-refractivity contribution in [1.29, 1.82) is 0 Å². The van der Waals surface area contributed by atoms with Crippen LogP contribution < -0.4 is 9.64 Å². The molecule has 3 aliphatic rings. The summed E-state index contributed by atoms with van der Waals surface area (Å²) in [6.07, 6.45) is 1.35. The fourth-order valence-electron chi connectivity index (χ4n) is 7.05. The van der Waals surface area contributed by atoms with Crippen molar-refractivity contribution in [2.75, 3.05) is 38.8 Å². The number of hydrogen-bond donors (Lipinski definition) is 0. The quantitative estimate of drug-likeness (QED) is 0.267. The van der Waals surface area contributed by atoms with Crippen LogP contribution in [0, 0.1) is 25.2 Å². The summed E-state index contributed by atoms with van der Waals surface area (Å²) >= 11 is 1.58. The average molecular weight is 634 g/mol. The number of fused-ring (bicyclic) bond motifs is 2. The molecule has 1 saturated heterocycles. The van der Waals surface area contributed by atoms with Gasteiger partial charge in [-0.25, -0.2) is 9.78 Å². The molecular formula is C35H43N3O6S. The highest BCUT2D eigenvalue weighted by atomic mass is 32.1. The summed E-state index contributed by atoms with van der Waals surface area (Å²) in [6.45, 7) is 12.7. The summed E-state index contributed by atoms with van der Waals surface area (Å²) in [5.41, 5.74) is 6.57. The van der Waals surface area contributed by atoms with Gasteiger partial charge in [0.05, 0.1) is 30.9 Å². The van der Waals surface area contributed by atoms with Crippen molar-refractivity contribution >= 4 is 28.5 Å². The standard InChI is InChI=1S/C35H43N3O6S/c1-21-9-8-10-27(28-20-45-32(36-28)38-17-25-15-35(25,31(39)42-7)29(38)19-41-6)30(21)43-18-24-12-11-23-16-37(14-13-26(23)22(24)2)33(40)44-34(3,4)5/h8-12,20,25,29H,13-19H2,1-7H3/t25-,29+,35+/m0/s1. The molecule has 2 fully saturated rings. The van der Waals surface area contributed by atoms with Crippen LogP contribution >= 0.6 is 11.3 Å². The van der Waals surface area contributed by atoms with Crippen LogP contribution in [0.15, 0.2) is 35.7 Å². The van der Waals surface area contributed by atoms with E-state index in [9.17, 15) is 9.59 Å². The Morgan fingerprint density at radius 3 is 2.67 bits per heavy atom. The van der Waals surface area contributed by atoms with Gasteiger partial charge in [-0.1, -0.05) is 24.3 Å². The Morgan fingerprint density at radius 2 is 1.93 bits per heavy atom. The molecule has 1 amide bonds. The monoisotopic (exact) mass is 633 g/mol. The highest BCUT2D eigenvalue weighted by Gasteiger charge is 2.71. The fourth-order valence-corrected chi connectivity index (χ4v) is 7.94.